The van der Waals surface area contributed by atoms with Crippen LogP contribution in [0.25, 0.3) is 0 Å². The van der Waals surface area contributed by atoms with Gasteiger partial charge < -0.3 is 0 Å². The highest BCUT2D eigenvalue weighted by Crippen LogP contribution is 2.05. The molecular formula is C14H26. The van der Waals surface area contributed by atoms with Crippen LogP contribution in [-0.4, -0.2) is 0 Å². The minimum atomic E-state index is 1.11. The molecule has 0 nitrogen and oxygen atoms in total. The van der Waals surface area contributed by atoms with Crippen molar-refractivity contribution in [1.29, 1.82) is 0 Å². The lowest BCUT2D eigenvalue weighted by atomic mass is 10.1. The van der Waals surface area contributed by atoms with Crippen LogP contribution in [-0.2, 0) is 0 Å². The van der Waals surface area contributed by atoms with E-state index in [1.165, 1.54) is 38.5 Å². The second kappa shape index (κ2) is 12.5. The van der Waals surface area contributed by atoms with E-state index in [1.807, 2.05) is 0 Å². The van der Waals surface area contributed by atoms with E-state index in [2.05, 4.69) is 38.2 Å². The van der Waals surface area contributed by atoms with E-state index in [-0.39, 0.29) is 0 Å². The quantitative estimate of drug-likeness (QED) is 0.347. The Kier molecular flexibility index (Phi) is 12.0. The van der Waals surface area contributed by atoms with Crippen LogP contribution in [0, 0.1) is 0 Å². The molecule has 0 unspecified atom stereocenters. The third-order valence-electron chi connectivity index (χ3n) is 2.32. The molecule has 0 spiro atoms. The molecule has 0 aromatic rings. The maximum Gasteiger partial charge on any atom is -0.0169 e. The van der Waals surface area contributed by atoms with E-state index in [4.69, 9.17) is 0 Å². The van der Waals surface area contributed by atoms with E-state index >= 15 is 0 Å². The van der Waals surface area contributed by atoms with Crippen LogP contribution in [0.1, 0.15) is 65.2 Å². The lowest BCUT2D eigenvalue weighted by molar-refractivity contribution is 0.637. The maximum atomic E-state index is 2.33. The van der Waals surface area contributed by atoms with Gasteiger partial charge in [-0.2, -0.15) is 0 Å². The molecule has 0 heterocycles. The molecule has 0 heteroatoms. The van der Waals surface area contributed by atoms with Crippen molar-refractivity contribution in [2.24, 2.45) is 0 Å². The summed E-state index contributed by atoms with van der Waals surface area (Å²) >= 11 is 0. The van der Waals surface area contributed by atoms with Gasteiger partial charge in [-0.05, 0) is 25.7 Å². The van der Waals surface area contributed by atoms with E-state index in [0.29, 0.717) is 0 Å². The van der Waals surface area contributed by atoms with Gasteiger partial charge in [0.15, 0.2) is 0 Å². The van der Waals surface area contributed by atoms with Gasteiger partial charge in [0, 0.05) is 0 Å². The summed E-state index contributed by atoms with van der Waals surface area (Å²) in [4.78, 5) is 0. The molecule has 0 aliphatic heterocycles. The van der Waals surface area contributed by atoms with Gasteiger partial charge in [0.05, 0.1) is 0 Å². The first-order chi connectivity index (χ1) is 6.91. The first-order valence-corrected chi connectivity index (χ1v) is 6.21. The van der Waals surface area contributed by atoms with Gasteiger partial charge in [0.25, 0.3) is 0 Å². The van der Waals surface area contributed by atoms with Gasteiger partial charge in [-0.15, -0.1) is 0 Å². The Morgan fingerprint density at radius 2 is 1.43 bits per heavy atom. The molecule has 0 aromatic carbocycles. The minimum Gasteiger partial charge on any atom is -0.0885 e. The summed E-state index contributed by atoms with van der Waals surface area (Å²) < 4.78 is 0. The fourth-order valence-electron chi connectivity index (χ4n) is 1.42. The Labute approximate surface area is 90.1 Å². The third kappa shape index (κ3) is 11.5. The normalized spacial score (nSPS) is 11.9. The van der Waals surface area contributed by atoms with Gasteiger partial charge in [0.1, 0.15) is 0 Å². The average Bonchev–Trinajstić information content (AvgIpc) is 2.21. The van der Waals surface area contributed by atoms with Crippen molar-refractivity contribution in [2.75, 3.05) is 0 Å². The molecule has 0 fully saturated rings. The highest BCUT2D eigenvalue weighted by molar-refractivity contribution is 4.92. The lowest BCUT2D eigenvalue weighted by Crippen LogP contribution is -1.75. The summed E-state index contributed by atoms with van der Waals surface area (Å²) in [6.07, 6.45) is 19.6. The van der Waals surface area contributed by atoms with Crippen LogP contribution in [0.3, 0.4) is 0 Å². The lowest BCUT2D eigenvalue weighted by Gasteiger charge is -1.95. The number of allylic oxidation sites excluding steroid dienone is 4. The van der Waals surface area contributed by atoms with Gasteiger partial charge >= 0.3 is 0 Å². The zero-order valence-electron chi connectivity index (χ0n) is 9.97. The number of hydrogen-bond acceptors (Lipinski definition) is 0. The van der Waals surface area contributed by atoms with Crippen LogP contribution < -0.4 is 0 Å². The summed E-state index contributed by atoms with van der Waals surface area (Å²) in [5.41, 5.74) is 0. The fourth-order valence-corrected chi connectivity index (χ4v) is 1.42. The first-order valence-electron chi connectivity index (χ1n) is 6.21. The zero-order valence-corrected chi connectivity index (χ0v) is 9.97. The largest absolute Gasteiger partial charge is 0.0885 e. The molecule has 0 radical (unpaired) electrons. The molecule has 14 heavy (non-hydrogen) atoms. The second-order valence-electron chi connectivity index (χ2n) is 3.79. The van der Waals surface area contributed by atoms with E-state index in [0.717, 1.165) is 12.8 Å². The molecule has 0 bridgehead atoms. The van der Waals surface area contributed by atoms with Crippen molar-refractivity contribution in [1.82, 2.24) is 0 Å². The van der Waals surface area contributed by atoms with Gasteiger partial charge in [-0.1, -0.05) is 63.8 Å². The van der Waals surface area contributed by atoms with Crippen molar-refractivity contribution in [3.8, 4) is 0 Å². The van der Waals surface area contributed by atoms with Gasteiger partial charge in [0.2, 0.25) is 0 Å². The Morgan fingerprint density at radius 3 is 2.14 bits per heavy atom. The van der Waals surface area contributed by atoms with Crippen LogP contribution >= 0.6 is 0 Å². The maximum absolute atomic E-state index is 2.33. The Hall–Kier alpha value is -0.520. The molecule has 0 aliphatic carbocycles. The highest BCUT2D eigenvalue weighted by atomic mass is 13.9. The summed E-state index contributed by atoms with van der Waals surface area (Å²) in [6, 6.07) is 0. The Bertz CT molecular complexity index is 142. The summed E-state index contributed by atoms with van der Waals surface area (Å²) in [7, 11) is 0. The SMILES string of the molecule is CC/C=C\C/C=C\CCCCCCC. The smallest absolute Gasteiger partial charge is 0.0169 e. The van der Waals surface area contributed by atoms with Crippen LogP contribution in [0.15, 0.2) is 24.3 Å². The molecular weight excluding hydrogens is 168 g/mol. The average molecular weight is 194 g/mol. The summed E-state index contributed by atoms with van der Waals surface area (Å²) in [5.74, 6) is 0. The summed E-state index contributed by atoms with van der Waals surface area (Å²) in [5, 5.41) is 0. The first kappa shape index (κ1) is 13.5. The number of rotatable bonds is 9. The molecule has 0 N–H and O–H groups in total. The van der Waals surface area contributed by atoms with Crippen molar-refractivity contribution in [3.63, 3.8) is 0 Å². The predicted molar refractivity (Wildman–Crippen MR) is 66.6 cm³/mol. The van der Waals surface area contributed by atoms with E-state index < -0.39 is 0 Å². The molecule has 0 aromatic heterocycles. The molecule has 0 amide bonds. The summed E-state index contributed by atoms with van der Waals surface area (Å²) in [6.45, 7) is 4.44. The van der Waals surface area contributed by atoms with Crippen LogP contribution in [0.4, 0.5) is 0 Å². The molecule has 0 atom stereocenters. The second-order valence-corrected chi connectivity index (χ2v) is 3.79. The predicted octanol–water partition coefficient (Wildman–Crippen LogP) is 5.26. The fraction of sp³-hybridized carbons (Fsp3) is 0.714. The minimum absolute atomic E-state index is 1.11. The molecule has 0 saturated heterocycles. The number of unbranched alkanes of at least 4 members (excludes halogenated alkanes) is 5. The zero-order chi connectivity index (χ0) is 10.5. The monoisotopic (exact) mass is 194 g/mol. The molecule has 0 rings (SSSR count). The molecule has 0 aliphatic rings. The highest BCUT2D eigenvalue weighted by Gasteiger charge is 1.85. The van der Waals surface area contributed by atoms with Crippen molar-refractivity contribution < 1.29 is 0 Å². The Balaban J connectivity index is 3.07. The Morgan fingerprint density at radius 1 is 0.714 bits per heavy atom. The molecule has 82 valence electrons. The van der Waals surface area contributed by atoms with Gasteiger partial charge in [-0.25, -0.2) is 0 Å². The van der Waals surface area contributed by atoms with E-state index in [9.17, 15) is 0 Å². The van der Waals surface area contributed by atoms with Crippen molar-refractivity contribution >= 4 is 0 Å². The van der Waals surface area contributed by atoms with Gasteiger partial charge in [-0.3, -0.25) is 0 Å². The van der Waals surface area contributed by atoms with Crippen molar-refractivity contribution in [2.45, 2.75) is 65.2 Å². The standard InChI is InChI=1S/C14H26/c1-3-5-7-9-11-13-14-12-10-8-6-4-2/h5,7,11,13H,3-4,6,8-10,12,14H2,1-2H3/b7-5-,13-11-. The molecule has 0 saturated carbocycles. The number of hydrogen-bond donors (Lipinski definition) is 0. The van der Waals surface area contributed by atoms with Crippen LogP contribution in [0.5, 0.6) is 0 Å². The van der Waals surface area contributed by atoms with Crippen molar-refractivity contribution in [3.05, 3.63) is 24.3 Å². The third-order valence-corrected chi connectivity index (χ3v) is 2.32. The topological polar surface area (TPSA) is 0 Å². The van der Waals surface area contributed by atoms with E-state index in [1.54, 1.807) is 0 Å². The van der Waals surface area contributed by atoms with Crippen LogP contribution in [0.2, 0.25) is 0 Å².